The smallest absolute Gasteiger partial charge is 0.340 e. The summed E-state index contributed by atoms with van der Waals surface area (Å²) in [5.74, 6) is -3.85. The molecule has 1 aromatic heterocycles. The van der Waals surface area contributed by atoms with Crippen LogP contribution in [-0.4, -0.2) is 78.3 Å². The van der Waals surface area contributed by atoms with Gasteiger partial charge >= 0.3 is 23.9 Å². The van der Waals surface area contributed by atoms with Crippen molar-refractivity contribution in [3.8, 4) is 0 Å². The Hall–Kier alpha value is -4.42. The molecule has 2 aromatic rings. The number of hydrogen-bond acceptors (Lipinski definition) is 12. The molecular formula is C40H48N2O10. The number of Topliss-reactive ketones (excluding diaryl/α,β-unsaturated/α-hetero) is 1. The van der Waals surface area contributed by atoms with Crippen molar-refractivity contribution in [1.82, 2.24) is 10.3 Å². The summed E-state index contributed by atoms with van der Waals surface area (Å²) in [6.07, 6.45) is -0.349. The van der Waals surface area contributed by atoms with E-state index in [4.69, 9.17) is 23.7 Å². The summed E-state index contributed by atoms with van der Waals surface area (Å²) >= 11 is 0. The van der Waals surface area contributed by atoms with E-state index in [1.807, 2.05) is 51.1 Å². The number of ether oxygens (including phenoxy) is 5. The molecule has 0 radical (unpaired) electrons. The average molecular weight is 717 g/mol. The number of carbonyl (C=O) groups is 5. The van der Waals surface area contributed by atoms with Gasteiger partial charge in [-0.15, -0.1) is 0 Å². The number of fused-ring (bicyclic) bond motifs is 4. The number of rotatable bonds is 9. The first-order chi connectivity index (χ1) is 24.6. The molecular weight excluding hydrogens is 668 g/mol. The Morgan fingerprint density at radius 1 is 0.981 bits per heavy atom. The molecule has 1 aliphatic heterocycles. The first kappa shape index (κ1) is 37.3. The zero-order valence-corrected chi connectivity index (χ0v) is 30.8. The van der Waals surface area contributed by atoms with E-state index in [1.54, 1.807) is 26.1 Å². The molecule has 2 heterocycles. The second-order valence-corrected chi connectivity index (χ2v) is 15.4. The van der Waals surface area contributed by atoms with Gasteiger partial charge in [-0.3, -0.25) is 24.2 Å². The van der Waals surface area contributed by atoms with E-state index >= 15 is 0 Å². The Labute approximate surface area is 304 Å². The summed E-state index contributed by atoms with van der Waals surface area (Å²) in [5.41, 5.74) is -1.09. The van der Waals surface area contributed by atoms with Crippen LogP contribution in [0.2, 0.25) is 0 Å². The molecule has 0 unspecified atom stereocenters. The second kappa shape index (κ2) is 14.2. The lowest BCUT2D eigenvalue weighted by Crippen LogP contribution is -2.68. The quantitative estimate of drug-likeness (QED) is 0.214. The van der Waals surface area contributed by atoms with Crippen LogP contribution in [0.25, 0.3) is 0 Å². The van der Waals surface area contributed by atoms with Gasteiger partial charge in [0.25, 0.3) is 0 Å². The number of epoxide rings is 1. The maximum Gasteiger partial charge on any atom is 0.340 e. The summed E-state index contributed by atoms with van der Waals surface area (Å²) in [6.45, 7) is 10.2. The Morgan fingerprint density at radius 2 is 1.67 bits per heavy atom. The first-order valence-electron chi connectivity index (χ1n) is 17.9. The molecule has 52 heavy (non-hydrogen) atoms. The molecule has 1 spiro atoms. The van der Waals surface area contributed by atoms with Crippen molar-refractivity contribution in [2.24, 2.45) is 22.7 Å². The van der Waals surface area contributed by atoms with E-state index in [0.29, 0.717) is 24.0 Å². The normalized spacial score (nSPS) is 32.4. The van der Waals surface area contributed by atoms with E-state index in [1.165, 1.54) is 26.2 Å². The molecule has 2 bridgehead atoms. The Morgan fingerprint density at radius 3 is 2.27 bits per heavy atom. The van der Waals surface area contributed by atoms with Gasteiger partial charge < -0.3 is 29.0 Å². The predicted octanol–water partition coefficient (Wildman–Crippen LogP) is 4.86. The highest BCUT2D eigenvalue weighted by Crippen LogP contribution is 2.65. The van der Waals surface area contributed by atoms with Gasteiger partial charge in [0.05, 0.1) is 18.6 Å². The monoisotopic (exact) mass is 716 g/mol. The lowest BCUT2D eigenvalue weighted by Gasteiger charge is -2.60. The van der Waals surface area contributed by atoms with E-state index in [0.717, 1.165) is 5.56 Å². The third kappa shape index (κ3) is 6.67. The number of hydrogen-bond donors (Lipinski definition) is 1. The molecule has 1 N–H and O–H groups in total. The van der Waals surface area contributed by atoms with Crippen molar-refractivity contribution in [1.29, 1.82) is 0 Å². The van der Waals surface area contributed by atoms with E-state index in [9.17, 15) is 24.0 Å². The van der Waals surface area contributed by atoms with Crippen LogP contribution in [0.15, 0.2) is 66.0 Å². The molecule has 12 nitrogen and oxygen atoms in total. The van der Waals surface area contributed by atoms with Crippen molar-refractivity contribution < 1.29 is 47.7 Å². The third-order valence-corrected chi connectivity index (χ3v) is 11.9. The molecule has 6 rings (SSSR count). The zero-order valence-electron chi connectivity index (χ0n) is 30.8. The number of carbonyl (C=O) groups excluding carboxylic acids is 5. The minimum Gasteiger partial charge on any atom is -0.462 e. The number of nitrogens with zero attached hydrogens (tertiary/aromatic N) is 1. The highest BCUT2D eigenvalue weighted by molar-refractivity contribution is 5.97. The maximum absolute atomic E-state index is 14.0. The minimum atomic E-state index is -1.17. The van der Waals surface area contributed by atoms with Crippen molar-refractivity contribution in [2.75, 3.05) is 13.7 Å². The molecule has 9 atom stereocenters. The molecule has 0 amide bonds. The number of allylic oxidation sites excluding steroid dienone is 1. The molecule has 278 valence electrons. The number of pyridine rings is 1. The van der Waals surface area contributed by atoms with Gasteiger partial charge in [0, 0.05) is 56.0 Å². The second-order valence-electron chi connectivity index (χ2n) is 15.4. The SMILES string of the molecule is CN[C@@H](CC(=O)O[C@H]1CC[C@@]2(C)[C@@H](OC(=O)c3cccnc3)[C@H](OC(C)=O)C3=C(C)C(=O)C[C@@H]([C@H](OC(C)=O)[C@@H]2[C@]12CO2)C3(C)C)c1ccccc1. The lowest BCUT2D eigenvalue weighted by molar-refractivity contribution is -0.220. The molecule has 1 aromatic carbocycles. The van der Waals surface area contributed by atoms with Gasteiger partial charge in [0.15, 0.2) is 11.9 Å². The van der Waals surface area contributed by atoms with E-state index in [-0.39, 0.29) is 36.8 Å². The predicted molar refractivity (Wildman–Crippen MR) is 186 cm³/mol. The highest BCUT2D eigenvalue weighted by atomic mass is 16.6. The topological polar surface area (TPSA) is 160 Å². The fraction of sp³-hybridized carbons (Fsp3) is 0.550. The van der Waals surface area contributed by atoms with Gasteiger partial charge in [-0.25, -0.2) is 4.79 Å². The van der Waals surface area contributed by atoms with E-state index in [2.05, 4.69) is 10.3 Å². The van der Waals surface area contributed by atoms with Crippen molar-refractivity contribution >= 4 is 29.7 Å². The van der Waals surface area contributed by atoms with Crippen molar-refractivity contribution in [3.63, 3.8) is 0 Å². The molecule has 3 aliphatic carbocycles. The summed E-state index contributed by atoms with van der Waals surface area (Å²) in [6, 6.07) is 12.5. The standard InChI is InChI=1S/C40H48N2O10/c1-22-29(45)18-27-33(49-23(2)43)35-39(6,16-15-30(40(35)21-48-40)51-31(46)19-28(41-7)25-12-9-8-10-13-25)36(52-37(47)26-14-11-17-42-20-26)34(50-24(3)44)32(22)38(27,4)5/h8-14,17,20,27-28,30,33-36,41H,15-16,18-19,21H2,1-7H3/t27-,28-,30-,33-,34+,35-,36-,39+,40-/m0/s1. The van der Waals surface area contributed by atoms with Crippen LogP contribution in [-0.2, 0) is 42.9 Å². The number of aromatic nitrogens is 1. The van der Waals surface area contributed by atoms with Gasteiger partial charge in [0.1, 0.15) is 23.9 Å². The van der Waals surface area contributed by atoms with Gasteiger partial charge in [-0.2, -0.15) is 0 Å². The fourth-order valence-corrected chi connectivity index (χ4v) is 9.41. The Balaban J connectivity index is 1.48. The molecule has 12 heteroatoms. The van der Waals surface area contributed by atoms with E-state index < -0.39 is 76.6 Å². The van der Waals surface area contributed by atoms with Crippen LogP contribution < -0.4 is 5.32 Å². The molecule has 2 saturated carbocycles. The number of benzene rings is 1. The van der Waals surface area contributed by atoms with Crippen molar-refractivity contribution in [3.05, 3.63) is 77.1 Å². The maximum atomic E-state index is 14.0. The largest absolute Gasteiger partial charge is 0.462 e. The summed E-state index contributed by atoms with van der Waals surface area (Å²) < 4.78 is 31.6. The molecule has 1 saturated heterocycles. The lowest BCUT2D eigenvalue weighted by atomic mass is 9.48. The fourth-order valence-electron chi connectivity index (χ4n) is 9.41. The average Bonchev–Trinajstić information content (AvgIpc) is 3.89. The van der Waals surface area contributed by atoms with Gasteiger partial charge in [0.2, 0.25) is 0 Å². The number of nitrogens with one attached hydrogen (secondary N) is 1. The van der Waals surface area contributed by atoms with Gasteiger partial charge in [-0.05, 0) is 61.1 Å². The van der Waals surface area contributed by atoms with Gasteiger partial charge in [-0.1, -0.05) is 51.1 Å². The van der Waals surface area contributed by atoms with Crippen LogP contribution in [0.3, 0.4) is 0 Å². The number of esters is 4. The summed E-state index contributed by atoms with van der Waals surface area (Å²) in [4.78, 5) is 71.6. The first-order valence-corrected chi connectivity index (χ1v) is 17.9. The minimum absolute atomic E-state index is 0.0554. The zero-order chi connectivity index (χ0) is 37.6. The molecule has 4 aliphatic rings. The number of ketones is 1. The summed E-state index contributed by atoms with van der Waals surface area (Å²) in [7, 11) is 1.78. The van der Waals surface area contributed by atoms with Crippen LogP contribution in [0, 0.1) is 22.7 Å². The third-order valence-electron chi connectivity index (χ3n) is 11.9. The van der Waals surface area contributed by atoms with Crippen LogP contribution in [0.5, 0.6) is 0 Å². The Bertz CT molecular complexity index is 1750. The van der Waals surface area contributed by atoms with Crippen LogP contribution in [0.4, 0.5) is 0 Å². The van der Waals surface area contributed by atoms with Crippen molar-refractivity contribution in [2.45, 2.75) is 103 Å². The van der Waals surface area contributed by atoms with Crippen LogP contribution >= 0.6 is 0 Å². The Kier molecular flexibility index (Phi) is 10.2. The van der Waals surface area contributed by atoms with Crippen LogP contribution in [0.1, 0.15) is 89.2 Å². The summed E-state index contributed by atoms with van der Waals surface area (Å²) in [5, 5.41) is 3.20. The molecule has 3 fully saturated rings. The highest BCUT2D eigenvalue weighted by Gasteiger charge is 2.74.